The molecule has 0 saturated carbocycles. The summed E-state index contributed by atoms with van der Waals surface area (Å²) in [5, 5.41) is 0. The minimum atomic E-state index is 0.467. The van der Waals surface area contributed by atoms with Crippen LogP contribution in [-0.2, 0) is 22.3 Å². The highest BCUT2D eigenvalue weighted by molar-refractivity contribution is 5.44. The number of rotatable bonds is 15. The Labute approximate surface area is 240 Å². The minimum Gasteiger partial charge on any atom is -0.493 e. The molecule has 4 rings (SSSR count). The second kappa shape index (κ2) is 16.1. The van der Waals surface area contributed by atoms with Crippen molar-refractivity contribution in [3.8, 4) is 23.0 Å². The SMILES string of the molecule is COc1ccc(C[C@@H](CCCN2CCOCC2)[C@@H](Cc2ccc(OC)c(OC)c2)CN2CCOCC2)cc1OC. The zero-order chi connectivity index (χ0) is 28.2. The third-order valence-corrected chi connectivity index (χ3v) is 8.31. The maximum Gasteiger partial charge on any atom is 0.160 e. The van der Waals surface area contributed by atoms with Gasteiger partial charge in [0.15, 0.2) is 23.0 Å². The molecule has 0 aromatic heterocycles. The van der Waals surface area contributed by atoms with Crippen LogP contribution in [0.3, 0.4) is 0 Å². The molecule has 2 heterocycles. The van der Waals surface area contributed by atoms with Gasteiger partial charge >= 0.3 is 0 Å². The van der Waals surface area contributed by atoms with Crippen LogP contribution in [0.5, 0.6) is 23.0 Å². The number of benzene rings is 2. The van der Waals surface area contributed by atoms with Gasteiger partial charge in [0, 0.05) is 32.7 Å². The smallest absolute Gasteiger partial charge is 0.160 e. The fourth-order valence-electron chi connectivity index (χ4n) is 6.02. The van der Waals surface area contributed by atoms with Crippen molar-refractivity contribution < 1.29 is 28.4 Å². The first-order chi connectivity index (χ1) is 19.6. The van der Waals surface area contributed by atoms with Gasteiger partial charge in [-0.25, -0.2) is 0 Å². The highest BCUT2D eigenvalue weighted by Crippen LogP contribution is 2.34. The summed E-state index contributed by atoms with van der Waals surface area (Å²) < 4.78 is 33.6. The molecule has 2 atom stereocenters. The van der Waals surface area contributed by atoms with Crippen LogP contribution in [0.25, 0.3) is 0 Å². The standard InChI is InChI=1S/C32H48N2O6/c1-35-29-9-7-25(22-31(29)37-3)20-27(6-5-11-33-12-16-39-17-13-33)28(24-34-14-18-40-19-15-34)21-26-8-10-30(36-2)32(23-26)38-4/h7-10,22-23,27-28H,5-6,11-21,24H2,1-4H3/t27-,28+/m1/s1. The van der Waals surface area contributed by atoms with Crippen LogP contribution in [0.4, 0.5) is 0 Å². The van der Waals surface area contributed by atoms with Crippen LogP contribution in [0.1, 0.15) is 24.0 Å². The molecule has 8 heteroatoms. The van der Waals surface area contributed by atoms with Gasteiger partial charge in [-0.15, -0.1) is 0 Å². The van der Waals surface area contributed by atoms with Crippen molar-refractivity contribution >= 4 is 0 Å². The summed E-state index contributed by atoms with van der Waals surface area (Å²) in [6.45, 7) is 9.49. The molecule has 0 aliphatic carbocycles. The Morgan fingerprint density at radius 3 is 1.60 bits per heavy atom. The van der Waals surface area contributed by atoms with Gasteiger partial charge in [-0.1, -0.05) is 12.1 Å². The van der Waals surface area contributed by atoms with E-state index in [2.05, 4.69) is 34.1 Å². The lowest BCUT2D eigenvalue weighted by Gasteiger charge is -2.35. The van der Waals surface area contributed by atoms with E-state index in [0.717, 1.165) is 108 Å². The van der Waals surface area contributed by atoms with Gasteiger partial charge < -0.3 is 28.4 Å². The Balaban J connectivity index is 1.58. The zero-order valence-electron chi connectivity index (χ0n) is 24.9. The molecule has 2 aliphatic rings. The predicted octanol–water partition coefficient (Wildman–Crippen LogP) is 4.18. The van der Waals surface area contributed by atoms with Crippen molar-refractivity contribution in [1.82, 2.24) is 9.80 Å². The number of ether oxygens (including phenoxy) is 6. The van der Waals surface area contributed by atoms with Crippen molar-refractivity contribution in [1.29, 1.82) is 0 Å². The Bertz CT molecular complexity index is 1020. The number of morpholine rings is 2. The third-order valence-electron chi connectivity index (χ3n) is 8.31. The molecule has 8 nitrogen and oxygen atoms in total. The lowest BCUT2D eigenvalue weighted by molar-refractivity contribution is 0.0237. The summed E-state index contributed by atoms with van der Waals surface area (Å²) in [6.07, 6.45) is 4.30. The van der Waals surface area contributed by atoms with Crippen LogP contribution in [0, 0.1) is 11.8 Å². The average molecular weight is 557 g/mol. The summed E-state index contributed by atoms with van der Waals surface area (Å²) in [5.41, 5.74) is 2.56. The van der Waals surface area contributed by atoms with Crippen molar-refractivity contribution in [2.24, 2.45) is 11.8 Å². The van der Waals surface area contributed by atoms with E-state index in [1.165, 1.54) is 17.5 Å². The molecule has 0 radical (unpaired) electrons. The number of methoxy groups -OCH3 is 4. The second-order valence-corrected chi connectivity index (χ2v) is 10.8. The van der Waals surface area contributed by atoms with Gasteiger partial charge in [-0.05, 0) is 79.5 Å². The monoisotopic (exact) mass is 556 g/mol. The van der Waals surface area contributed by atoms with Crippen molar-refractivity contribution in [2.75, 3.05) is 94.1 Å². The van der Waals surface area contributed by atoms with Crippen LogP contribution in [-0.4, -0.2) is 104 Å². The molecule has 0 spiro atoms. The lowest BCUT2D eigenvalue weighted by Crippen LogP contribution is -2.42. The summed E-state index contributed by atoms with van der Waals surface area (Å²) in [4.78, 5) is 5.13. The topological polar surface area (TPSA) is 61.9 Å². The van der Waals surface area contributed by atoms with Gasteiger partial charge in [0.25, 0.3) is 0 Å². The summed E-state index contributed by atoms with van der Waals surface area (Å²) >= 11 is 0. The molecule has 0 unspecified atom stereocenters. The largest absolute Gasteiger partial charge is 0.493 e. The van der Waals surface area contributed by atoms with E-state index in [-0.39, 0.29) is 0 Å². The number of hydrogen-bond donors (Lipinski definition) is 0. The quantitative estimate of drug-likeness (QED) is 0.324. The molecule has 0 amide bonds. The summed E-state index contributed by atoms with van der Waals surface area (Å²) in [7, 11) is 6.79. The van der Waals surface area contributed by atoms with Gasteiger partial charge in [0.1, 0.15) is 0 Å². The maximum atomic E-state index is 5.68. The summed E-state index contributed by atoms with van der Waals surface area (Å²) in [5.74, 6) is 4.07. The first kappa shape index (κ1) is 30.4. The predicted molar refractivity (Wildman–Crippen MR) is 157 cm³/mol. The average Bonchev–Trinajstić information content (AvgIpc) is 3.01. The fourth-order valence-corrected chi connectivity index (χ4v) is 6.02. The van der Waals surface area contributed by atoms with Gasteiger partial charge in [0.2, 0.25) is 0 Å². The minimum absolute atomic E-state index is 0.467. The molecule has 40 heavy (non-hydrogen) atoms. The summed E-state index contributed by atoms with van der Waals surface area (Å²) in [6, 6.07) is 12.7. The molecule has 2 saturated heterocycles. The first-order valence-corrected chi connectivity index (χ1v) is 14.7. The Morgan fingerprint density at radius 2 is 1.10 bits per heavy atom. The molecule has 2 aromatic carbocycles. The van der Waals surface area contributed by atoms with Gasteiger partial charge in [-0.3, -0.25) is 9.80 Å². The molecular formula is C32H48N2O6. The van der Waals surface area contributed by atoms with E-state index >= 15 is 0 Å². The Kier molecular flexibility index (Phi) is 12.2. The van der Waals surface area contributed by atoms with E-state index in [4.69, 9.17) is 28.4 Å². The van der Waals surface area contributed by atoms with E-state index in [0.29, 0.717) is 11.8 Å². The molecule has 2 aromatic rings. The van der Waals surface area contributed by atoms with Gasteiger partial charge in [-0.2, -0.15) is 0 Å². The Morgan fingerprint density at radius 1 is 0.625 bits per heavy atom. The Hall–Kier alpha value is -2.52. The van der Waals surface area contributed by atoms with Crippen molar-refractivity contribution in [3.05, 3.63) is 47.5 Å². The van der Waals surface area contributed by atoms with Gasteiger partial charge in [0.05, 0.1) is 54.9 Å². The molecule has 0 bridgehead atoms. The van der Waals surface area contributed by atoms with Crippen LogP contribution in [0.2, 0.25) is 0 Å². The number of hydrogen-bond acceptors (Lipinski definition) is 8. The lowest BCUT2D eigenvalue weighted by atomic mass is 9.79. The third kappa shape index (κ3) is 8.74. The fraction of sp³-hybridized carbons (Fsp3) is 0.625. The highest BCUT2D eigenvalue weighted by Gasteiger charge is 2.27. The normalized spacial score (nSPS) is 18.2. The molecular weight excluding hydrogens is 508 g/mol. The highest BCUT2D eigenvalue weighted by atomic mass is 16.5. The molecule has 2 aliphatic heterocycles. The van der Waals surface area contributed by atoms with E-state index in [9.17, 15) is 0 Å². The molecule has 222 valence electrons. The number of nitrogens with zero attached hydrogens (tertiary/aromatic N) is 2. The van der Waals surface area contributed by atoms with E-state index < -0.39 is 0 Å². The van der Waals surface area contributed by atoms with Crippen LogP contribution < -0.4 is 18.9 Å². The molecule has 2 fully saturated rings. The van der Waals surface area contributed by atoms with E-state index in [1.54, 1.807) is 28.4 Å². The van der Waals surface area contributed by atoms with Crippen molar-refractivity contribution in [2.45, 2.75) is 25.7 Å². The second-order valence-electron chi connectivity index (χ2n) is 10.8. The first-order valence-electron chi connectivity index (χ1n) is 14.7. The van der Waals surface area contributed by atoms with Crippen LogP contribution in [0.15, 0.2) is 36.4 Å². The molecule has 0 N–H and O–H groups in total. The van der Waals surface area contributed by atoms with Crippen LogP contribution >= 0.6 is 0 Å². The van der Waals surface area contributed by atoms with Crippen molar-refractivity contribution in [3.63, 3.8) is 0 Å². The zero-order valence-corrected chi connectivity index (χ0v) is 24.9. The van der Waals surface area contributed by atoms with E-state index in [1.807, 2.05) is 12.1 Å². The maximum absolute atomic E-state index is 5.68.